The maximum atomic E-state index is 8.90. The van der Waals surface area contributed by atoms with Crippen LogP contribution in [0.5, 0.6) is 0 Å². The Bertz CT molecular complexity index is 413. The molecule has 0 heterocycles. The maximum Gasteiger partial charge on any atom is 0.0994 e. The molecule has 16 heavy (non-hydrogen) atoms. The average molecular weight is 214 g/mol. The van der Waals surface area contributed by atoms with Gasteiger partial charge in [-0.15, -0.1) is 0 Å². The Morgan fingerprint density at radius 1 is 1.44 bits per heavy atom. The predicted octanol–water partition coefficient (Wildman–Crippen LogP) is 3.10. The van der Waals surface area contributed by atoms with E-state index in [2.05, 4.69) is 30.0 Å². The van der Waals surface area contributed by atoms with Gasteiger partial charge in [-0.25, -0.2) is 0 Å². The number of nitrogens with zero attached hydrogens (tertiary/aromatic N) is 2. The predicted molar refractivity (Wildman–Crippen MR) is 66.5 cm³/mol. The summed E-state index contributed by atoms with van der Waals surface area (Å²) in [4.78, 5) is 2.41. The van der Waals surface area contributed by atoms with Gasteiger partial charge in [0.15, 0.2) is 0 Å². The lowest BCUT2D eigenvalue weighted by atomic mass is 10.1. The summed E-state index contributed by atoms with van der Waals surface area (Å²) in [6.07, 6.45) is 2.76. The third-order valence-electron chi connectivity index (χ3n) is 3.25. The summed E-state index contributed by atoms with van der Waals surface area (Å²) in [5, 5.41) is 8.90. The summed E-state index contributed by atoms with van der Waals surface area (Å²) >= 11 is 0. The highest BCUT2D eigenvalue weighted by Crippen LogP contribution is 2.31. The topological polar surface area (TPSA) is 27.0 Å². The Morgan fingerprint density at radius 3 is 2.69 bits per heavy atom. The molecule has 1 fully saturated rings. The van der Waals surface area contributed by atoms with Crippen molar-refractivity contribution in [2.45, 2.75) is 26.7 Å². The van der Waals surface area contributed by atoms with Crippen molar-refractivity contribution in [3.8, 4) is 6.07 Å². The van der Waals surface area contributed by atoms with E-state index >= 15 is 0 Å². The summed E-state index contributed by atoms with van der Waals surface area (Å²) in [5.74, 6) is 0.899. The van der Waals surface area contributed by atoms with Gasteiger partial charge in [-0.2, -0.15) is 5.26 Å². The van der Waals surface area contributed by atoms with Crippen molar-refractivity contribution in [2.75, 3.05) is 18.0 Å². The molecule has 1 aliphatic rings. The van der Waals surface area contributed by atoms with Gasteiger partial charge in [0.2, 0.25) is 0 Å². The Balaban J connectivity index is 2.17. The van der Waals surface area contributed by atoms with E-state index in [0.717, 1.165) is 23.6 Å². The third-order valence-corrected chi connectivity index (χ3v) is 3.25. The molecular weight excluding hydrogens is 196 g/mol. The van der Waals surface area contributed by atoms with Gasteiger partial charge in [0.1, 0.15) is 0 Å². The van der Waals surface area contributed by atoms with Crippen molar-refractivity contribution in [1.29, 1.82) is 5.26 Å². The Kier molecular flexibility index (Phi) is 3.14. The first-order chi connectivity index (χ1) is 7.74. The lowest BCUT2D eigenvalue weighted by molar-refractivity contribution is 0.742. The number of aryl methyl sites for hydroxylation is 1. The minimum atomic E-state index is 0.784. The van der Waals surface area contributed by atoms with E-state index in [-0.39, 0.29) is 0 Å². The molecule has 0 atom stereocenters. The van der Waals surface area contributed by atoms with Crippen molar-refractivity contribution in [2.24, 2.45) is 5.92 Å². The van der Waals surface area contributed by atoms with E-state index in [0.29, 0.717) is 0 Å². The molecule has 84 valence electrons. The molecule has 2 rings (SSSR count). The fourth-order valence-corrected chi connectivity index (χ4v) is 2.00. The molecule has 0 saturated heterocycles. The average Bonchev–Trinajstić information content (AvgIpc) is 3.09. The van der Waals surface area contributed by atoms with Gasteiger partial charge in [0.05, 0.1) is 11.6 Å². The monoisotopic (exact) mass is 214 g/mol. The summed E-state index contributed by atoms with van der Waals surface area (Å²) in [5.41, 5.74) is 3.12. The molecule has 0 aliphatic heterocycles. The number of benzene rings is 1. The van der Waals surface area contributed by atoms with Crippen LogP contribution in [0.4, 0.5) is 5.69 Å². The van der Waals surface area contributed by atoms with E-state index in [4.69, 9.17) is 5.26 Å². The zero-order valence-electron chi connectivity index (χ0n) is 10.0. The quantitative estimate of drug-likeness (QED) is 0.770. The van der Waals surface area contributed by atoms with Crippen molar-refractivity contribution in [3.63, 3.8) is 0 Å². The first kappa shape index (κ1) is 11.0. The summed E-state index contributed by atoms with van der Waals surface area (Å²) < 4.78 is 0. The minimum absolute atomic E-state index is 0.784. The van der Waals surface area contributed by atoms with Crippen LogP contribution in [-0.2, 0) is 0 Å². The minimum Gasteiger partial charge on any atom is -0.372 e. The SMILES string of the molecule is CCN(CC1CC1)c1ccc(C#N)c(C)c1. The second-order valence-electron chi connectivity index (χ2n) is 4.59. The van der Waals surface area contributed by atoms with Crippen molar-refractivity contribution in [3.05, 3.63) is 29.3 Å². The highest BCUT2D eigenvalue weighted by Gasteiger charge is 2.23. The Morgan fingerprint density at radius 2 is 2.19 bits per heavy atom. The first-order valence-electron chi connectivity index (χ1n) is 6.00. The van der Waals surface area contributed by atoms with Crippen LogP contribution in [-0.4, -0.2) is 13.1 Å². The van der Waals surface area contributed by atoms with Crippen molar-refractivity contribution >= 4 is 5.69 Å². The lowest BCUT2D eigenvalue weighted by Gasteiger charge is -2.23. The van der Waals surface area contributed by atoms with E-state index < -0.39 is 0 Å². The zero-order chi connectivity index (χ0) is 11.5. The van der Waals surface area contributed by atoms with Crippen LogP contribution < -0.4 is 4.90 Å². The smallest absolute Gasteiger partial charge is 0.0994 e. The zero-order valence-corrected chi connectivity index (χ0v) is 10.0. The van der Waals surface area contributed by atoms with Crippen LogP contribution in [0.2, 0.25) is 0 Å². The van der Waals surface area contributed by atoms with Crippen molar-refractivity contribution in [1.82, 2.24) is 0 Å². The van der Waals surface area contributed by atoms with E-state index in [1.54, 1.807) is 0 Å². The van der Waals surface area contributed by atoms with Crippen LogP contribution in [0, 0.1) is 24.2 Å². The maximum absolute atomic E-state index is 8.90. The molecule has 0 bridgehead atoms. The van der Waals surface area contributed by atoms with Gasteiger partial charge in [-0.1, -0.05) is 0 Å². The second kappa shape index (κ2) is 4.57. The molecule has 0 aromatic heterocycles. The highest BCUT2D eigenvalue weighted by atomic mass is 15.1. The molecule has 1 aromatic carbocycles. The van der Waals surface area contributed by atoms with Crippen LogP contribution in [0.3, 0.4) is 0 Å². The molecule has 0 radical (unpaired) electrons. The molecule has 0 N–H and O–H groups in total. The first-order valence-corrected chi connectivity index (χ1v) is 6.00. The molecule has 1 saturated carbocycles. The number of hydrogen-bond acceptors (Lipinski definition) is 2. The van der Waals surface area contributed by atoms with Crippen LogP contribution >= 0.6 is 0 Å². The number of nitriles is 1. The molecule has 2 nitrogen and oxygen atoms in total. The highest BCUT2D eigenvalue weighted by molar-refractivity contribution is 5.53. The van der Waals surface area contributed by atoms with Crippen LogP contribution in [0.25, 0.3) is 0 Å². The van der Waals surface area contributed by atoms with Crippen LogP contribution in [0.1, 0.15) is 30.9 Å². The molecular formula is C14H18N2. The summed E-state index contributed by atoms with van der Waals surface area (Å²) in [6.45, 7) is 6.41. The fourth-order valence-electron chi connectivity index (χ4n) is 2.00. The van der Waals surface area contributed by atoms with Crippen molar-refractivity contribution < 1.29 is 0 Å². The normalized spacial score (nSPS) is 14.6. The number of rotatable bonds is 4. The van der Waals surface area contributed by atoms with Gasteiger partial charge in [-0.3, -0.25) is 0 Å². The molecule has 0 spiro atoms. The van der Waals surface area contributed by atoms with Gasteiger partial charge in [0.25, 0.3) is 0 Å². The summed E-state index contributed by atoms with van der Waals surface area (Å²) in [6, 6.07) is 8.34. The van der Waals surface area contributed by atoms with E-state index in [1.165, 1.54) is 25.1 Å². The fraction of sp³-hybridized carbons (Fsp3) is 0.500. The Labute approximate surface area is 97.5 Å². The van der Waals surface area contributed by atoms with E-state index in [9.17, 15) is 0 Å². The van der Waals surface area contributed by atoms with E-state index in [1.807, 2.05) is 13.0 Å². The molecule has 0 unspecified atom stereocenters. The van der Waals surface area contributed by atoms with Gasteiger partial charge in [0, 0.05) is 18.8 Å². The second-order valence-corrected chi connectivity index (χ2v) is 4.59. The van der Waals surface area contributed by atoms with Gasteiger partial charge >= 0.3 is 0 Å². The van der Waals surface area contributed by atoms with Gasteiger partial charge < -0.3 is 4.90 Å². The third kappa shape index (κ3) is 2.36. The van der Waals surface area contributed by atoms with Gasteiger partial charge in [-0.05, 0) is 56.4 Å². The van der Waals surface area contributed by atoms with Crippen LogP contribution in [0.15, 0.2) is 18.2 Å². The standard InChI is InChI=1S/C14H18N2/c1-3-16(10-12-4-5-12)14-7-6-13(9-15)11(2)8-14/h6-8,12H,3-5,10H2,1-2H3. The molecule has 1 aliphatic carbocycles. The Hall–Kier alpha value is -1.49. The largest absolute Gasteiger partial charge is 0.372 e. The molecule has 0 amide bonds. The summed E-state index contributed by atoms with van der Waals surface area (Å²) in [7, 11) is 0. The number of hydrogen-bond donors (Lipinski definition) is 0. The molecule has 1 aromatic rings. The number of anilines is 1. The molecule has 2 heteroatoms. The lowest BCUT2D eigenvalue weighted by Crippen LogP contribution is -2.25.